The van der Waals surface area contributed by atoms with Crippen molar-refractivity contribution in [2.75, 3.05) is 19.0 Å². The summed E-state index contributed by atoms with van der Waals surface area (Å²) in [6.07, 6.45) is 6.44. The van der Waals surface area contributed by atoms with Gasteiger partial charge >= 0.3 is 6.03 Å². The lowest BCUT2D eigenvalue weighted by molar-refractivity contribution is -0.118. The van der Waals surface area contributed by atoms with Gasteiger partial charge in [-0.15, -0.1) is 0 Å². The molecule has 0 aliphatic heterocycles. The molecule has 1 fully saturated rings. The first kappa shape index (κ1) is 19.1. The second-order valence-electron chi connectivity index (χ2n) is 6.77. The first-order valence-electron chi connectivity index (χ1n) is 9.02. The molecular weight excluding hydrogens is 318 g/mol. The van der Waals surface area contributed by atoms with Crippen LogP contribution in [0.3, 0.4) is 0 Å². The summed E-state index contributed by atoms with van der Waals surface area (Å²) in [7, 11) is 1.86. The van der Waals surface area contributed by atoms with Gasteiger partial charge in [-0.25, -0.2) is 4.79 Å². The van der Waals surface area contributed by atoms with Gasteiger partial charge in [0.25, 0.3) is 0 Å². The van der Waals surface area contributed by atoms with E-state index in [0.717, 1.165) is 5.69 Å². The molecular formula is C19H29N3O3. The van der Waals surface area contributed by atoms with Crippen molar-refractivity contribution in [3.8, 4) is 5.75 Å². The topological polar surface area (TPSA) is 84.7 Å². The minimum absolute atomic E-state index is 0.0968. The van der Waals surface area contributed by atoms with Crippen molar-refractivity contribution in [1.82, 2.24) is 4.90 Å². The summed E-state index contributed by atoms with van der Waals surface area (Å²) in [6.45, 7) is 2.38. The molecule has 3 amide bonds. The van der Waals surface area contributed by atoms with Crippen LogP contribution in [0.25, 0.3) is 0 Å². The predicted octanol–water partition coefficient (Wildman–Crippen LogP) is 3.37. The molecule has 1 saturated carbocycles. The van der Waals surface area contributed by atoms with Gasteiger partial charge in [0.1, 0.15) is 5.75 Å². The Hall–Kier alpha value is -2.24. The Morgan fingerprint density at radius 2 is 1.88 bits per heavy atom. The third-order valence-corrected chi connectivity index (χ3v) is 4.99. The molecule has 25 heavy (non-hydrogen) atoms. The summed E-state index contributed by atoms with van der Waals surface area (Å²) in [5.74, 6) is 0.840. The molecule has 1 atom stereocenters. The highest BCUT2D eigenvalue weighted by atomic mass is 16.5. The normalized spacial score (nSPS) is 16.1. The Kier molecular flexibility index (Phi) is 7.10. The van der Waals surface area contributed by atoms with Crippen molar-refractivity contribution in [3.63, 3.8) is 0 Å². The number of ether oxygens (including phenoxy) is 1. The lowest BCUT2D eigenvalue weighted by atomic mass is 9.84. The van der Waals surface area contributed by atoms with Gasteiger partial charge in [-0.2, -0.15) is 0 Å². The van der Waals surface area contributed by atoms with E-state index in [1.165, 1.54) is 32.1 Å². The van der Waals surface area contributed by atoms with Crippen LogP contribution in [-0.2, 0) is 4.79 Å². The van der Waals surface area contributed by atoms with E-state index in [2.05, 4.69) is 12.2 Å². The first-order valence-corrected chi connectivity index (χ1v) is 9.02. The van der Waals surface area contributed by atoms with Gasteiger partial charge < -0.3 is 20.7 Å². The second-order valence-corrected chi connectivity index (χ2v) is 6.77. The molecule has 2 rings (SSSR count). The molecule has 1 aliphatic carbocycles. The number of carbonyl (C=O) groups excluding carboxylic acids is 2. The molecule has 0 saturated heterocycles. The third kappa shape index (κ3) is 5.96. The number of rotatable bonds is 7. The molecule has 1 aromatic carbocycles. The summed E-state index contributed by atoms with van der Waals surface area (Å²) in [5.41, 5.74) is 5.79. The fourth-order valence-corrected chi connectivity index (χ4v) is 3.23. The van der Waals surface area contributed by atoms with Crippen LogP contribution in [0.1, 0.15) is 45.4 Å². The summed E-state index contributed by atoms with van der Waals surface area (Å²) >= 11 is 0. The number of carbonyl (C=O) groups is 2. The average Bonchev–Trinajstić information content (AvgIpc) is 2.62. The molecule has 0 bridgehead atoms. The van der Waals surface area contributed by atoms with E-state index in [4.69, 9.17) is 10.5 Å². The molecule has 6 nitrogen and oxygen atoms in total. The largest absolute Gasteiger partial charge is 0.493 e. The van der Waals surface area contributed by atoms with Crippen LogP contribution in [0.2, 0.25) is 0 Å². The summed E-state index contributed by atoms with van der Waals surface area (Å²) < 4.78 is 5.42. The van der Waals surface area contributed by atoms with E-state index in [9.17, 15) is 9.59 Å². The smallest absolute Gasteiger partial charge is 0.321 e. The SMILES string of the molecule is CC(C1CCCCC1)N(C)C(=O)Nc1ccc(OCCC(N)=O)cc1. The molecule has 0 heterocycles. The van der Waals surface area contributed by atoms with Gasteiger partial charge in [0.05, 0.1) is 13.0 Å². The van der Waals surface area contributed by atoms with Crippen molar-refractivity contribution in [3.05, 3.63) is 24.3 Å². The molecule has 0 aromatic heterocycles. The number of hydrogen-bond acceptors (Lipinski definition) is 3. The van der Waals surface area contributed by atoms with Crippen LogP contribution in [0.4, 0.5) is 10.5 Å². The number of urea groups is 1. The van der Waals surface area contributed by atoms with Crippen molar-refractivity contribution in [2.24, 2.45) is 11.7 Å². The van der Waals surface area contributed by atoms with Gasteiger partial charge in [0.15, 0.2) is 0 Å². The van der Waals surface area contributed by atoms with Crippen molar-refractivity contribution in [2.45, 2.75) is 51.5 Å². The maximum absolute atomic E-state index is 12.5. The Labute approximate surface area is 149 Å². The van der Waals surface area contributed by atoms with E-state index in [-0.39, 0.29) is 31.0 Å². The number of amides is 3. The second kappa shape index (κ2) is 9.30. The molecule has 3 N–H and O–H groups in total. The average molecular weight is 347 g/mol. The van der Waals surface area contributed by atoms with E-state index >= 15 is 0 Å². The van der Waals surface area contributed by atoms with Crippen LogP contribution in [0.15, 0.2) is 24.3 Å². The van der Waals surface area contributed by atoms with Crippen LogP contribution >= 0.6 is 0 Å². The summed E-state index contributed by atoms with van der Waals surface area (Å²) in [5, 5.41) is 2.92. The monoisotopic (exact) mass is 347 g/mol. The fourth-order valence-electron chi connectivity index (χ4n) is 3.23. The highest BCUT2D eigenvalue weighted by molar-refractivity contribution is 5.89. The zero-order chi connectivity index (χ0) is 18.2. The van der Waals surface area contributed by atoms with E-state index in [1.807, 2.05) is 7.05 Å². The molecule has 6 heteroatoms. The van der Waals surface area contributed by atoms with Crippen molar-refractivity contribution >= 4 is 17.6 Å². The predicted molar refractivity (Wildman–Crippen MR) is 98.6 cm³/mol. The van der Waals surface area contributed by atoms with Crippen LogP contribution < -0.4 is 15.8 Å². The van der Waals surface area contributed by atoms with E-state index < -0.39 is 0 Å². The molecule has 1 aliphatic rings. The highest BCUT2D eigenvalue weighted by Crippen LogP contribution is 2.28. The highest BCUT2D eigenvalue weighted by Gasteiger charge is 2.25. The number of nitrogens with two attached hydrogens (primary N) is 1. The van der Waals surface area contributed by atoms with Crippen LogP contribution in [-0.4, -0.2) is 36.5 Å². The summed E-state index contributed by atoms with van der Waals surface area (Å²) in [6, 6.07) is 7.24. The number of primary amides is 1. The Morgan fingerprint density at radius 1 is 1.24 bits per heavy atom. The van der Waals surface area contributed by atoms with Gasteiger partial charge in [-0.05, 0) is 49.9 Å². The van der Waals surface area contributed by atoms with Gasteiger partial charge in [-0.1, -0.05) is 19.3 Å². The maximum atomic E-state index is 12.5. The lowest BCUT2D eigenvalue weighted by Crippen LogP contribution is -2.42. The molecule has 0 spiro atoms. The lowest BCUT2D eigenvalue weighted by Gasteiger charge is -2.34. The third-order valence-electron chi connectivity index (χ3n) is 4.99. The molecule has 1 unspecified atom stereocenters. The quantitative estimate of drug-likeness (QED) is 0.793. The molecule has 1 aromatic rings. The number of nitrogens with one attached hydrogen (secondary N) is 1. The van der Waals surface area contributed by atoms with Crippen LogP contribution in [0.5, 0.6) is 5.75 Å². The fraction of sp³-hybridized carbons (Fsp3) is 0.579. The van der Waals surface area contributed by atoms with Gasteiger partial charge in [0, 0.05) is 18.8 Å². The maximum Gasteiger partial charge on any atom is 0.321 e. The summed E-state index contributed by atoms with van der Waals surface area (Å²) in [4.78, 5) is 24.9. The first-order chi connectivity index (χ1) is 12.0. The molecule has 0 radical (unpaired) electrons. The number of benzene rings is 1. The van der Waals surface area contributed by atoms with E-state index in [1.54, 1.807) is 29.2 Å². The Bertz CT molecular complexity index is 568. The van der Waals surface area contributed by atoms with Crippen molar-refractivity contribution < 1.29 is 14.3 Å². The molecule has 138 valence electrons. The number of nitrogens with zero attached hydrogens (tertiary/aromatic N) is 1. The minimum Gasteiger partial charge on any atom is -0.493 e. The standard InChI is InChI=1S/C19H29N3O3/c1-14(15-6-4-3-5-7-15)22(2)19(24)21-16-8-10-17(11-9-16)25-13-12-18(20)23/h8-11,14-15H,3-7,12-13H2,1-2H3,(H2,20,23)(H,21,24). The Morgan fingerprint density at radius 3 is 2.48 bits per heavy atom. The zero-order valence-electron chi connectivity index (χ0n) is 15.2. The zero-order valence-corrected chi connectivity index (χ0v) is 15.2. The number of anilines is 1. The van der Waals surface area contributed by atoms with Gasteiger partial charge in [-0.3, -0.25) is 4.79 Å². The van der Waals surface area contributed by atoms with Crippen molar-refractivity contribution in [1.29, 1.82) is 0 Å². The number of hydrogen-bond donors (Lipinski definition) is 2. The van der Waals surface area contributed by atoms with Crippen LogP contribution in [0, 0.1) is 5.92 Å². The minimum atomic E-state index is -0.390. The Balaban J connectivity index is 1.83. The van der Waals surface area contributed by atoms with E-state index in [0.29, 0.717) is 11.7 Å². The van der Waals surface area contributed by atoms with Gasteiger partial charge in [0.2, 0.25) is 5.91 Å².